The fraction of sp³-hybridized carbons (Fsp3) is 0.455. The van der Waals surface area contributed by atoms with E-state index in [1.165, 1.54) is 0 Å². The zero-order chi connectivity index (χ0) is 17.1. The van der Waals surface area contributed by atoms with Gasteiger partial charge in [0.2, 0.25) is 0 Å². The Bertz CT molecular complexity index is 555. The van der Waals surface area contributed by atoms with Crippen molar-refractivity contribution < 1.29 is 45.3 Å². The molecular weight excluding hydrogens is 324 g/mol. The van der Waals surface area contributed by atoms with E-state index in [-0.39, 0.29) is 6.20 Å². The number of aromatic nitrogens is 1. The van der Waals surface area contributed by atoms with E-state index in [1.807, 2.05) is 0 Å². The molecule has 0 aliphatic heterocycles. The molecule has 0 aromatic carbocycles. The Balaban J connectivity index is 3.48. The smallest absolute Gasteiger partial charge is 0.491 e. The van der Waals surface area contributed by atoms with Gasteiger partial charge in [0.05, 0.1) is 26.3 Å². The zero-order valence-corrected chi connectivity index (χ0v) is 11.1. The second-order valence-electron chi connectivity index (χ2n) is 3.78. The molecule has 0 saturated carbocycles. The highest BCUT2D eigenvalue weighted by Crippen LogP contribution is 2.44. The van der Waals surface area contributed by atoms with Crippen LogP contribution in [0.15, 0.2) is 6.20 Å². The van der Waals surface area contributed by atoms with Crippen molar-refractivity contribution >= 4 is 5.97 Å². The van der Waals surface area contributed by atoms with Gasteiger partial charge in [-0.25, -0.2) is 0 Å². The normalized spacial score (nSPS) is 12.0. The number of nitrogens with zero attached hydrogens (tertiary/aromatic N) is 1. The van der Waals surface area contributed by atoms with Crippen LogP contribution in [0.3, 0.4) is 0 Å². The molecule has 124 valence electrons. The van der Waals surface area contributed by atoms with Gasteiger partial charge in [-0.2, -0.15) is 13.2 Å². The molecule has 0 aliphatic rings. The summed E-state index contributed by atoms with van der Waals surface area (Å²) in [6, 6.07) is 0. The van der Waals surface area contributed by atoms with Gasteiger partial charge in [-0.1, -0.05) is 0 Å². The van der Waals surface area contributed by atoms with Gasteiger partial charge in [-0.3, -0.25) is 9.78 Å². The van der Waals surface area contributed by atoms with E-state index in [1.54, 1.807) is 0 Å². The van der Waals surface area contributed by atoms with E-state index >= 15 is 0 Å². The predicted molar refractivity (Wildman–Crippen MR) is 58.2 cm³/mol. The highest BCUT2D eigenvalue weighted by atomic mass is 19.4. The third-order valence-electron chi connectivity index (χ3n) is 2.33. The van der Waals surface area contributed by atoms with Gasteiger partial charge in [0.25, 0.3) is 0 Å². The monoisotopic (exact) mass is 333 g/mol. The summed E-state index contributed by atoms with van der Waals surface area (Å²) in [6.07, 6.45) is -11.1. The van der Waals surface area contributed by atoms with Gasteiger partial charge in [-0.15, -0.1) is 13.2 Å². The van der Waals surface area contributed by atoms with E-state index in [4.69, 9.17) is 0 Å². The van der Waals surface area contributed by atoms with E-state index < -0.39 is 47.7 Å². The summed E-state index contributed by atoms with van der Waals surface area (Å²) in [5.41, 5.74) is -2.27. The molecule has 0 bridgehead atoms. The van der Waals surface area contributed by atoms with Crippen molar-refractivity contribution in [1.29, 1.82) is 0 Å². The molecule has 22 heavy (non-hydrogen) atoms. The lowest BCUT2D eigenvalue weighted by Crippen LogP contribution is -2.22. The Kier molecular flexibility index (Phi) is 5.09. The molecule has 1 aromatic heterocycles. The Labute approximate surface area is 119 Å². The minimum Gasteiger partial charge on any atom is -0.491 e. The van der Waals surface area contributed by atoms with Crippen LogP contribution in [-0.4, -0.2) is 31.5 Å². The number of hydrogen-bond donors (Lipinski definition) is 0. The first-order valence-corrected chi connectivity index (χ1v) is 5.45. The van der Waals surface area contributed by atoms with Crippen LogP contribution < -0.4 is 9.47 Å². The topological polar surface area (TPSA) is 57.7 Å². The quantitative estimate of drug-likeness (QED) is 0.626. The number of halogens is 6. The van der Waals surface area contributed by atoms with E-state index in [9.17, 15) is 31.1 Å². The molecule has 0 radical (unpaired) electrons. The van der Waals surface area contributed by atoms with E-state index in [0.29, 0.717) is 0 Å². The summed E-state index contributed by atoms with van der Waals surface area (Å²) < 4.78 is 87.5. The van der Waals surface area contributed by atoms with Crippen LogP contribution in [-0.2, 0) is 22.1 Å². The molecular formula is C11H9F6NO4. The Morgan fingerprint density at radius 2 is 1.73 bits per heavy atom. The van der Waals surface area contributed by atoms with Crippen LogP contribution in [0.4, 0.5) is 26.3 Å². The molecule has 11 heteroatoms. The van der Waals surface area contributed by atoms with Crippen molar-refractivity contribution in [2.75, 3.05) is 14.2 Å². The standard InChI is InChI=1S/C11H9F6NO4/c1-20-7(19)3-6-9(21-2)8(22-11(15,16)17)5(4-18-6)10(12,13)14/h4H,3H2,1-2H3. The predicted octanol–water partition coefficient (Wildman–Crippen LogP) is 2.72. The van der Waals surface area contributed by atoms with Gasteiger partial charge in [0, 0.05) is 6.20 Å². The largest absolute Gasteiger partial charge is 0.573 e. The number of hydrogen-bond acceptors (Lipinski definition) is 5. The summed E-state index contributed by atoms with van der Waals surface area (Å²) in [7, 11) is 1.81. The summed E-state index contributed by atoms with van der Waals surface area (Å²) in [5, 5.41) is 0. The van der Waals surface area contributed by atoms with Crippen LogP contribution in [0.25, 0.3) is 0 Å². The third-order valence-corrected chi connectivity index (χ3v) is 2.33. The first-order valence-electron chi connectivity index (χ1n) is 5.45. The lowest BCUT2D eigenvalue weighted by atomic mass is 10.1. The molecule has 1 aromatic rings. The van der Waals surface area contributed by atoms with Crippen molar-refractivity contribution in [3.8, 4) is 11.5 Å². The van der Waals surface area contributed by atoms with Gasteiger partial charge < -0.3 is 14.2 Å². The maximum Gasteiger partial charge on any atom is 0.573 e. The van der Waals surface area contributed by atoms with Gasteiger partial charge in [0.1, 0.15) is 5.56 Å². The van der Waals surface area contributed by atoms with Crippen molar-refractivity contribution in [2.24, 2.45) is 0 Å². The summed E-state index contributed by atoms with van der Waals surface area (Å²) in [6.45, 7) is 0. The van der Waals surface area contributed by atoms with Crippen LogP contribution in [0.1, 0.15) is 11.3 Å². The van der Waals surface area contributed by atoms with Crippen LogP contribution in [0.5, 0.6) is 11.5 Å². The SMILES string of the molecule is COC(=O)Cc1ncc(C(F)(F)F)c(OC(F)(F)F)c1OC. The average Bonchev–Trinajstić information content (AvgIpc) is 2.35. The number of rotatable bonds is 4. The van der Waals surface area contributed by atoms with Crippen molar-refractivity contribution in [1.82, 2.24) is 4.98 Å². The first kappa shape index (κ1) is 17.9. The fourth-order valence-corrected chi connectivity index (χ4v) is 1.48. The van der Waals surface area contributed by atoms with Gasteiger partial charge in [0.15, 0.2) is 11.5 Å². The molecule has 0 N–H and O–H groups in total. The van der Waals surface area contributed by atoms with Gasteiger partial charge >= 0.3 is 18.5 Å². The molecule has 0 fully saturated rings. The van der Waals surface area contributed by atoms with Crippen molar-refractivity contribution in [3.05, 3.63) is 17.5 Å². The summed E-state index contributed by atoms with van der Waals surface area (Å²) in [4.78, 5) is 14.4. The zero-order valence-electron chi connectivity index (χ0n) is 11.1. The van der Waals surface area contributed by atoms with Crippen molar-refractivity contribution in [2.45, 2.75) is 19.0 Å². The minimum atomic E-state index is -5.39. The third kappa shape index (κ3) is 4.40. The second kappa shape index (κ2) is 6.28. The molecule has 0 atom stereocenters. The molecule has 0 saturated heterocycles. The summed E-state index contributed by atoms with van der Waals surface area (Å²) in [5.74, 6) is -3.49. The molecule has 0 unspecified atom stereocenters. The molecule has 0 aliphatic carbocycles. The van der Waals surface area contributed by atoms with Crippen molar-refractivity contribution in [3.63, 3.8) is 0 Å². The average molecular weight is 333 g/mol. The number of alkyl halides is 6. The van der Waals surface area contributed by atoms with E-state index in [2.05, 4.69) is 19.2 Å². The number of carbonyl (C=O) groups is 1. The van der Waals surface area contributed by atoms with Crippen LogP contribution in [0.2, 0.25) is 0 Å². The summed E-state index contributed by atoms with van der Waals surface area (Å²) >= 11 is 0. The highest BCUT2D eigenvalue weighted by molar-refractivity contribution is 5.73. The fourth-order valence-electron chi connectivity index (χ4n) is 1.48. The maximum atomic E-state index is 12.8. The van der Waals surface area contributed by atoms with Crippen LogP contribution >= 0.6 is 0 Å². The Morgan fingerprint density at radius 1 is 1.14 bits per heavy atom. The van der Waals surface area contributed by atoms with Gasteiger partial charge in [-0.05, 0) is 0 Å². The maximum absolute atomic E-state index is 12.8. The lowest BCUT2D eigenvalue weighted by molar-refractivity contribution is -0.276. The minimum absolute atomic E-state index is 0.127. The highest BCUT2D eigenvalue weighted by Gasteiger charge is 2.42. The Morgan fingerprint density at radius 3 is 2.14 bits per heavy atom. The number of ether oxygens (including phenoxy) is 3. The number of methoxy groups -OCH3 is 2. The number of carbonyl (C=O) groups excluding carboxylic acids is 1. The van der Waals surface area contributed by atoms with E-state index in [0.717, 1.165) is 14.2 Å². The number of esters is 1. The molecule has 1 rings (SSSR count). The molecule has 0 amide bonds. The molecule has 5 nitrogen and oxygen atoms in total. The number of pyridine rings is 1. The van der Waals surface area contributed by atoms with Crippen LogP contribution in [0, 0.1) is 0 Å². The Hall–Kier alpha value is -2.20. The second-order valence-corrected chi connectivity index (χ2v) is 3.78. The lowest BCUT2D eigenvalue weighted by Gasteiger charge is -2.19. The first-order chi connectivity index (χ1) is 9.99. The molecule has 0 spiro atoms. The molecule has 1 heterocycles.